The molecule has 126 valence electrons. The van der Waals surface area contributed by atoms with Gasteiger partial charge in [0.25, 0.3) is 0 Å². The Labute approximate surface area is 141 Å². The molecule has 1 atom stereocenters. The van der Waals surface area contributed by atoms with Gasteiger partial charge in [-0.3, -0.25) is 4.79 Å². The lowest BCUT2D eigenvalue weighted by molar-refractivity contribution is -0.117. The molecule has 0 unspecified atom stereocenters. The van der Waals surface area contributed by atoms with Crippen molar-refractivity contribution in [3.8, 4) is 0 Å². The molecular formula is C16H22ClN3O3. The number of benzene rings is 1. The van der Waals surface area contributed by atoms with Gasteiger partial charge in [-0.2, -0.15) is 0 Å². The highest BCUT2D eigenvalue weighted by Crippen LogP contribution is 2.23. The monoisotopic (exact) mass is 339 g/mol. The van der Waals surface area contributed by atoms with Crippen molar-refractivity contribution in [1.82, 2.24) is 10.2 Å². The first-order valence-electron chi connectivity index (χ1n) is 7.66. The van der Waals surface area contributed by atoms with Gasteiger partial charge in [-0.25, -0.2) is 4.79 Å². The maximum Gasteiger partial charge on any atom is 0.318 e. The zero-order valence-electron chi connectivity index (χ0n) is 13.3. The molecule has 2 rings (SSSR count). The van der Waals surface area contributed by atoms with Gasteiger partial charge in [0.05, 0.1) is 12.6 Å². The first kappa shape index (κ1) is 17.6. The van der Waals surface area contributed by atoms with Crippen LogP contribution in [0.2, 0.25) is 5.02 Å². The molecule has 1 fully saturated rings. The number of aliphatic hydroxyl groups is 1. The van der Waals surface area contributed by atoms with Crippen molar-refractivity contribution in [2.24, 2.45) is 0 Å². The fourth-order valence-corrected chi connectivity index (χ4v) is 2.76. The number of carbonyl (C=O) groups is 2. The number of rotatable bonds is 5. The largest absolute Gasteiger partial charge is 0.395 e. The van der Waals surface area contributed by atoms with E-state index in [-0.39, 0.29) is 43.6 Å². The summed E-state index contributed by atoms with van der Waals surface area (Å²) in [7, 11) is 0. The standard InChI is InChI=1S/C16H22ClN3O3/c1-11(2)19(7-8-21)16(23)18-13-9-15(22)20(10-13)14-5-3-12(17)4-6-14/h3-6,11,13,21H,7-10H2,1-2H3,(H,18,23)/t13-/m0/s1. The predicted octanol–water partition coefficient (Wildman–Crippen LogP) is 1.86. The van der Waals surface area contributed by atoms with Crippen LogP contribution in [0.4, 0.5) is 10.5 Å². The van der Waals surface area contributed by atoms with Crippen LogP contribution in [0.1, 0.15) is 20.3 Å². The lowest BCUT2D eigenvalue weighted by Gasteiger charge is -2.27. The lowest BCUT2D eigenvalue weighted by Crippen LogP contribution is -2.49. The zero-order chi connectivity index (χ0) is 17.0. The van der Waals surface area contributed by atoms with Crippen LogP contribution in [-0.4, -0.2) is 53.7 Å². The SMILES string of the molecule is CC(C)N(CCO)C(=O)N[C@H]1CC(=O)N(c2ccc(Cl)cc2)C1. The zero-order valence-corrected chi connectivity index (χ0v) is 14.1. The van der Waals surface area contributed by atoms with Gasteiger partial charge in [0, 0.05) is 36.3 Å². The van der Waals surface area contributed by atoms with Crippen LogP contribution in [0.15, 0.2) is 24.3 Å². The Hall–Kier alpha value is -1.79. The quantitative estimate of drug-likeness (QED) is 0.860. The molecule has 0 spiro atoms. The Balaban J connectivity index is 1.99. The number of halogens is 1. The van der Waals surface area contributed by atoms with Crippen molar-refractivity contribution in [2.45, 2.75) is 32.4 Å². The topological polar surface area (TPSA) is 72.9 Å². The minimum Gasteiger partial charge on any atom is -0.395 e. The highest BCUT2D eigenvalue weighted by atomic mass is 35.5. The third kappa shape index (κ3) is 4.36. The summed E-state index contributed by atoms with van der Waals surface area (Å²) in [6.45, 7) is 4.37. The third-order valence-corrected chi connectivity index (χ3v) is 4.07. The van der Waals surface area contributed by atoms with Gasteiger partial charge in [0.15, 0.2) is 0 Å². The molecule has 1 aromatic carbocycles. The molecule has 0 radical (unpaired) electrons. The van der Waals surface area contributed by atoms with E-state index in [1.165, 1.54) is 0 Å². The smallest absolute Gasteiger partial charge is 0.318 e. The molecule has 0 bridgehead atoms. The van der Waals surface area contributed by atoms with E-state index in [0.717, 1.165) is 5.69 Å². The summed E-state index contributed by atoms with van der Waals surface area (Å²) in [4.78, 5) is 27.6. The molecule has 1 aliphatic rings. The van der Waals surface area contributed by atoms with Gasteiger partial charge in [0.2, 0.25) is 5.91 Å². The summed E-state index contributed by atoms with van der Waals surface area (Å²) in [5.74, 6) is -0.0316. The molecule has 1 aromatic rings. The average Bonchev–Trinajstić information content (AvgIpc) is 2.85. The number of carbonyl (C=O) groups excluding carboxylic acids is 2. The molecule has 0 saturated carbocycles. The van der Waals surface area contributed by atoms with Crippen molar-refractivity contribution in [1.29, 1.82) is 0 Å². The predicted molar refractivity (Wildman–Crippen MR) is 89.7 cm³/mol. The Morgan fingerprint density at radius 3 is 2.65 bits per heavy atom. The van der Waals surface area contributed by atoms with Crippen molar-refractivity contribution in [2.75, 3.05) is 24.6 Å². The molecule has 2 N–H and O–H groups in total. The normalized spacial score (nSPS) is 17.7. The number of nitrogens with one attached hydrogen (secondary N) is 1. The number of nitrogens with zero attached hydrogens (tertiary/aromatic N) is 2. The Morgan fingerprint density at radius 2 is 2.09 bits per heavy atom. The van der Waals surface area contributed by atoms with Crippen LogP contribution in [0, 0.1) is 0 Å². The molecule has 1 saturated heterocycles. The Kier molecular flexibility index (Phi) is 5.85. The molecule has 0 aromatic heterocycles. The van der Waals surface area contributed by atoms with Crippen molar-refractivity contribution in [3.05, 3.63) is 29.3 Å². The first-order valence-corrected chi connectivity index (χ1v) is 8.04. The number of hydrogen-bond donors (Lipinski definition) is 2. The number of aliphatic hydroxyl groups excluding tert-OH is 1. The van der Waals surface area contributed by atoms with E-state index in [9.17, 15) is 9.59 Å². The first-order chi connectivity index (χ1) is 10.9. The maximum absolute atomic E-state index is 12.3. The van der Waals surface area contributed by atoms with Gasteiger partial charge in [0.1, 0.15) is 0 Å². The second-order valence-electron chi connectivity index (χ2n) is 5.84. The number of urea groups is 1. The number of amides is 3. The average molecular weight is 340 g/mol. The molecule has 0 aliphatic carbocycles. The van der Waals surface area contributed by atoms with Crippen molar-refractivity contribution in [3.63, 3.8) is 0 Å². The van der Waals surface area contributed by atoms with Gasteiger partial charge < -0.3 is 20.2 Å². The van der Waals surface area contributed by atoms with E-state index in [2.05, 4.69) is 5.32 Å². The summed E-state index contributed by atoms with van der Waals surface area (Å²) in [6.07, 6.45) is 0.263. The minimum absolute atomic E-state index is 0.0216. The van der Waals surface area contributed by atoms with Crippen molar-refractivity contribution < 1.29 is 14.7 Å². The van der Waals surface area contributed by atoms with E-state index in [4.69, 9.17) is 16.7 Å². The van der Waals surface area contributed by atoms with Crippen LogP contribution >= 0.6 is 11.6 Å². The van der Waals surface area contributed by atoms with E-state index in [1.54, 1.807) is 34.1 Å². The second-order valence-corrected chi connectivity index (χ2v) is 6.28. The van der Waals surface area contributed by atoms with E-state index in [1.807, 2.05) is 13.8 Å². The second kappa shape index (κ2) is 7.66. The summed E-state index contributed by atoms with van der Waals surface area (Å²) in [5, 5.41) is 12.5. The van der Waals surface area contributed by atoms with Gasteiger partial charge in [-0.15, -0.1) is 0 Å². The molecule has 1 heterocycles. The maximum atomic E-state index is 12.3. The van der Waals surface area contributed by atoms with E-state index >= 15 is 0 Å². The molecule has 1 aliphatic heterocycles. The minimum atomic E-state index is -0.259. The van der Waals surface area contributed by atoms with E-state index in [0.29, 0.717) is 11.6 Å². The van der Waals surface area contributed by atoms with Crippen LogP contribution < -0.4 is 10.2 Å². The fraction of sp³-hybridized carbons (Fsp3) is 0.500. The molecule has 3 amide bonds. The van der Waals surface area contributed by atoms with Crippen LogP contribution in [0.5, 0.6) is 0 Å². The molecule has 7 heteroatoms. The van der Waals surface area contributed by atoms with Crippen LogP contribution in [0.25, 0.3) is 0 Å². The summed E-state index contributed by atoms with van der Waals surface area (Å²) < 4.78 is 0. The van der Waals surface area contributed by atoms with Crippen LogP contribution in [-0.2, 0) is 4.79 Å². The number of hydrogen-bond acceptors (Lipinski definition) is 3. The third-order valence-electron chi connectivity index (χ3n) is 3.82. The summed E-state index contributed by atoms with van der Waals surface area (Å²) >= 11 is 5.86. The Morgan fingerprint density at radius 1 is 1.43 bits per heavy atom. The Bertz CT molecular complexity index is 562. The van der Waals surface area contributed by atoms with E-state index < -0.39 is 0 Å². The summed E-state index contributed by atoms with van der Waals surface area (Å²) in [6, 6.07) is 6.52. The highest BCUT2D eigenvalue weighted by Gasteiger charge is 2.32. The lowest BCUT2D eigenvalue weighted by atomic mass is 10.2. The van der Waals surface area contributed by atoms with Gasteiger partial charge in [-0.1, -0.05) is 11.6 Å². The summed E-state index contributed by atoms with van der Waals surface area (Å²) in [5.41, 5.74) is 0.771. The molecule has 23 heavy (non-hydrogen) atoms. The van der Waals surface area contributed by atoms with Gasteiger partial charge in [-0.05, 0) is 38.1 Å². The van der Waals surface area contributed by atoms with Crippen molar-refractivity contribution >= 4 is 29.2 Å². The fourth-order valence-electron chi connectivity index (χ4n) is 2.63. The highest BCUT2D eigenvalue weighted by molar-refractivity contribution is 6.30. The molecular weight excluding hydrogens is 318 g/mol. The van der Waals surface area contributed by atoms with Crippen LogP contribution in [0.3, 0.4) is 0 Å². The number of anilines is 1. The van der Waals surface area contributed by atoms with Gasteiger partial charge >= 0.3 is 6.03 Å². The molecule has 6 nitrogen and oxygen atoms in total.